The first-order valence-electron chi connectivity index (χ1n) is 27.0. The summed E-state index contributed by atoms with van der Waals surface area (Å²) in [6, 6.07) is 77.4. The first-order valence-corrected chi connectivity index (χ1v) is 27.0. The lowest BCUT2D eigenvalue weighted by atomic mass is 9.90. The molecule has 8 bridgehead atoms. The number of nitrogens with one attached hydrogen (secondary N) is 3. The summed E-state index contributed by atoms with van der Waals surface area (Å²) < 4.78 is 2.26. The van der Waals surface area contributed by atoms with Crippen molar-refractivity contribution in [2.45, 2.75) is 0 Å². The monoisotopic (exact) mass is 1100 g/mol. The highest BCUT2D eigenvalue weighted by molar-refractivity contribution is 5.99. The predicted octanol–water partition coefficient (Wildman–Crippen LogP) is 11.6. The fraction of sp³-hybridized carbons (Fsp3) is 0. The van der Waals surface area contributed by atoms with Crippen LogP contribution in [0.1, 0.15) is 86.5 Å². The number of aromatic amines is 3. The van der Waals surface area contributed by atoms with Gasteiger partial charge in [-0.3, -0.25) is 0 Å². The van der Waals surface area contributed by atoms with Crippen molar-refractivity contribution in [2.24, 2.45) is 0 Å². The minimum Gasteiger partial charge on any atom is -0.478 e. The summed E-state index contributed by atoms with van der Waals surface area (Å²) in [5.41, 5.74) is 14.3. The van der Waals surface area contributed by atoms with Crippen LogP contribution in [0, 0.1) is 0 Å². The van der Waals surface area contributed by atoms with Crippen molar-refractivity contribution in [1.82, 2.24) is 19.5 Å². The summed E-state index contributed by atoms with van der Waals surface area (Å²) in [6.07, 6.45) is 0. The Kier molecular flexibility index (Phi) is 13.1. The molecular weight excluding hydrogens is 1050 g/mol. The van der Waals surface area contributed by atoms with Crippen LogP contribution in [0.2, 0.25) is 0 Å². The first-order chi connectivity index (χ1) is 41.0. The van der Waals surface area contributed by atoms with Gasteiger partial charge in [0.2, 0.25) is 0 Å². The number of nitrogens with zero attached hydrogens (tertiary/aromatic N) is 1. The Morgan fingerprint density at radius 3 is 1.06 bits per heavy atom. The summed E-state index contributed by atoms with van der Waals surface area (Å²) >= 11 is 0. The molecule has 404 valence electrons. The highest BCUT2D eigenvalue weighted by atomic mass is 16.4. The number of para-hydroxylation sites is 1. The van der Waals surface area contributed by atoms with Crippen molar-refractivity contribution in [3.8, 4) is 39.1 Å². The number of carboxylic acid groups (broad SMARTS) is 4. The molecule has 0 radical (unpaired) electrons. The molecule has 0 atom stereocenters. The summed E-state index contributed by atoms with van der Waals surface area (Å²) in [6.45, 7) is 0. The quantitative estimate of drug-likeness (QED) is 0.0626. The Balaban J connectivity index is 1.36. The maximum absolute atomic E-state index is 12.8. The highest BCUT2D eigenvalue weighted by Gasteiger charge is 2.30. The summed E-state index contributed by atoms with van der Waals surface area (Å²) in [7, 11) is 0. The number of hydrogen-bond donors (Lipinski definition) is 7. The first kappa shape index (κ1) is 51.7. The predicted molar refractivity (Wildman–Crippen MR) is 323 cm³/mol. The average Bonchev–Trinajstić information content (AvgIpc) is 2.06. The van der Waals surface area contributed by atoms with E-state index in [1.54, 1.807) is 72.8 Å². The molecule has 8 aromatic carbocycles. The molecule has 0 saturated heterocycles. The van der Waals surface area contributed by atoms with Gasteiger partial charge in [0.05, 0.1) is 38.6 Å². The molecular formula is C72H48N4O8. The number of hydrogen-bond acceptors (Lipinski definition) is 4. The third-order valence-electron chi connectivity index (χ3n) is 15.3. The summed E-state index contributed by atoms with van der Waals surface area (Å²) in [5.74, 6) is -4.31. The minimum absolute atomic E-state index is 0.0929. The molecule has 4 aromatic heterocycles. The van der Waals surface area contributed by atoms with E-state index < -0.39 is 23.9 Å². The molecule has 1 aliphatic rings. The lowest BCUT2D eigenvalue weighted by Gasteiger charge is -2.16. The van der Waals surface area contributed by atoms with Crippen LogP contribution in [0.15, 0.2) is 249 Å². The van der Waals surface area contributed by atoms with E-state index >= 15 is 0 Å². The zero-order chi connectivity index (χ0) is 57.6. The molecule has 0 aliphatic carbocycles. The van der Waals surface area contributed by atoms with Gasteiger partial charge in [-0.1, -0.05) is 158 Å². The smallest absolute Gasteiger partial charge is 0.335 e. The van der Waals surface area contributed by atoms with Crippen molar-refractivity contribution in [3.05, 3.63) is 337 Å². The molecule has 12 heteroatoms. The van der Waals surface area contributed by atoms with E-state index in [9.17, 15) is 39.6 Å². The average molecular weight is 1100 g/mol. The summed E-state index contributed by atoms with van der Waals surface area (Å²) in [4.78, 5) is 61.8. The van der Waals surface area contributed by atoms with Crippen LogP contribution in [0.3, 0.4) is 0 Å². The van der Waals surface area contributed by atoms with Gasteiger partial charge in [-0.25, -0.2) is 19.2 Å². The molecule has 0 fully saturated rings. The van der Waals surface area contributed by atoms with E-state index in [-0.39, 0.29) is 22.3 Å². The third-order valence-corrected chi connectivity index (χ3v) is 15.3. The Labute approximate surface area is 479 Å². The number of fused-ring (bicyclic) bond motifs is 8. The second-order valence-electron chi connectivity index (χ2n) is 20.3. The lowest BCUT2D eigenvalue weighted by molar-refractivity contribution is 0.0686. The molecule has 12 nitrogen and oxygen atoms in total. The van der Waals surface area contributed by atoms with Crippen molar-refractivity contribution in [2.75, 3.05) is 0 Å². The molecule has 0 unspecified atom stereocenters. The van der Waals surface area contributed by atoms with Crippen molar-refractivity contribution in [3.63, 3.8) is 0 Å². The van der Waals surface area contributed by atoms with Crippen molar-refractivity contribution >= 4 is 46.2 Å². The number of benzene rings is 8. The molecule has 0 spiro atoms. The van der Waals surface area contributed by atoms with E-state index in [0.29, 0.717) is 83.4 Å². The van der Waals surface area contributed by atoms with Gasteiger partial charge in [0.1, 0.15) is 0 Å². The van der Waals surface area contributed by atoms with Crippen LogP contribution in [0.25, 0.3) is 61.4 Å². The number of carboxylic acids is 4. The van der Waals surface area contributed by atoms with Crippen LogP contribution in [-0.2, 0) is 0 Å². The highest BCUT2D eigenvalue weighted by Crippen LogP contribution is 2.39. The van der Waals surface area contributed by atoms with Gasteiger partial charge in [0.15, 0.2) is 0 Å². The second-order valence-corrected chi connectivity index (χ2v) is 20.3. The normalized spacial score (nSPS) is 12.1. The largest absolute Gasteiger partial charge is 0.478 e. The topological polar surface area (TPSA) is 201 Å². The molecule has 12 aromatic rings. The molecule has 0 amide bonds. The minimum atomic E-state index is -1.09. The van der Waals surface area contributed by atoms with Gasteiger partial charge in [0.25, 0.3) is 0 Å². The molecule has 84 heavy (non-hydrogen) atoms. The Morgan fingerprint density at radius 2 is 0.643 bits per heavy atom. The van der Waals surface area contributed by atoms with Crippen LogP contribution in [0.5, 0.6) is 0 Å². The van der Waals surface area contributed by atoms with E-state index in [0.717, 1.165) is 44.4 Å². The molecule has 1 aliphatic heterocycles. The number of aromatic carboxylic acids is 4. The standard InChI is InChI=1S/C72H48N4O8/c77-69(78)49-29-21-45(22-30-49)60-55-37-38-57(73-55)61(46-23-31-50(32-24-46)70(79)80)59-41-54(42-13-5-1-6-14-42)66(75-59)65(48-27-35-52(36-28-48)72(83)84)68-64(44-17-9-3-10-18-44)63(43-15-7-2-8-16-43)67(76(68)53-19-11-4-12-20-53)62(58-40-39-56(60)74-58)47-25-33-51(34-26-47)71(81)82/h1-41,73-75H,(H,77,78)(H,79,80)(H,81,82)(H,83,84). The summed E-state index contributed by atoms with van der Waals surface area (Å²) in [5, 5.41) is 43.8. The van der Waals surface area contributed by atoms with Crippen LogP contribution in [-0.4, -0.2) is 63.8 Å². The number of aromatic nitrogens is 4. The SMILES string of the molecule is O=C(O)c1ccc(C2=c3ccc([nH]3)=C(c3ccc(C(=O)O)cc3)c3cc(-c4ccccc4)c([nH]3)C(c3ccc(C(=O)O)cc3)=c3c(-c4ccccc4)c(-c4ccccc4)c(n3-c3ccccc3)=C(c3ccc(C(=O)O)cc3)c3ccc2[nH]3)cc1. The Morgan fingerprint density at radius 1 is 0.298 bits per heavy atom. The molecule has 0 saturated carbocycles. The molecule has 5 heterocycles. The van der Waals surface area contributed by atoms with Crippen LogP contribution >= 0.6 is 0 Å². The zero-order valence-electron chi connectivity index (χ0n) is 44.5. The molecule has 13 rings (SSSR count). The van der Waals surface area contributed by atoms with Crippen molar-refractivity contribution < 1.29 is 39.6 Å². The van der Waals surface area contributed by atoms with Gasteiger partial charge in [-0.05, 0) is 130 Å². The Bertz CT molecular complexity index is 4830. The fourth-order valence-corrected chi connectivity index (χ4v) is 11.5. The van der Waals surface area contributed by atoms with Gasteiger partial charge in [0, 0.05) is 72.5 Å². The number of H-pyrrole nitrogens is 3. The lowest BCUT2D eigenvalue weighted by Crippen LogP contribution is -2.31. The van der Waals surface area contributed by atoms with Gasteiger partial charge in [-0.15, -0.1) is 0 Å². The zero-order valence-corrected chi connectivity index (χ0v) is 44.5. The fourth-order valence-electron chi connectivity index (χ4n) is 11.5. The molecule has 7 N–H and O–H groups in total. The van der Waals surface area contributed by atoms with Gasteiger partial charge < -0.3 is 39.9 Å². The van der Waals surface area contributed by atoms with Crippen molar-refractivity contribution in [1.29, 1.82) is 0 Å². The van der Waals surface area contributed by atoms with Gasteiger partial charge in [-0.2, -0.15) is 0 Å². The van der Waals surface area contributed by atoms with E-state index in [4.69, 9.17) is 0 Å². The maximum Gasteiger partial charge on any atom is 0.335 e. The second kappa shape index (κ2) is 21.4. The van der Waals surface area contributed by atoms with E-state index in [2.05, 4.69) is 49.9 Å². The Hall–Kier alpha value is -11.8. The van der Waals surface area contributed by atoms with E-state index in [1.165, 1.54) is 0 Å². The van der Waals surface area contributed by atoms with Crippen LogP contribution < -0.4 is 21.4 Å². The number of carbonyl (C=O) groups is 4. The van der Waals surface area contributed by atoms with Crippen LogP contribution in [0.4, 0.5) is 0 Å². The van der Waals surface area contributed by atoms with Gasteiger partial charge >= 0.3 is 23.9 Å². The third kappa shape index (κ3) is 9.30. The maximum atomic E-state index is 12.8. The van der Waals surface area contributed by atoms with E-state index in [1.807, 2.05) is 146 Å². The number of rotatable bonds is 12.